The zero-order valence-corrected chi connectivity index (χ0v) is 33.1. The summed E-state index contributed by atoms with van der Waals surface area (Å²) in [6.45, 7) is 2.29. The Balaban J connectivity index is 1.09. The van der Waals surface area contributed by atoms with Crippen LogP contribution < -0.4 is 0 Å². The minimum Gasteiger partial charge on any atom is -0.309 e. The molecule has 12 rings (SSSR count). The second-order valence-corrected chi connectivity index (χ2v) is 16.3. The molecule has 0 fully saturated rings. The van der Waals surface area contributed by atoms with E-state index < -0.39 is 0 Å². The van der Waals surface area contributed by atoms with Gasteiger partial charge in [0.05, 0.1) is 22.1 Å². The van der Waals surface area contributed by atoms with E-state index in [2.05, 4.69) is 192 Å². The van der Waals surface area contributed by atoms with Crippen LogP contribution in [0.1, 0.15) is 18.9 Å². The lowest BCUT2D eigenvalue weighted by Gasteiger charge is -2.17. The van der Waals surface area contributed by atoms with Crippen molar-refractivity contribution in [1.82, 2.24) is 9.13 Å². The van der Waals surface area contributed by atoms with Gasteiger partial charge in [0.25, 0.3) is 0 Å². The summed E-state index contributed by atoms with van der Waals surface area (Å²) in [5.74, 6) is 0.258. The minimum absolute atomic E-state index is 0.240. The first-order valence-electron chi connectivity index (χ1n) is 20.8. The van der Waals surface area contributed by atoms with Crippen molar-refractivity contribution in [3.05, 3.63) is 212 Å². The maximum Gasteiger partial charge on any atom is 0.123 e. The second-order valence-electron chi connectivity index (χ2n) is 16.3. The summed E-state index contributed by atoms with van der Waals surface area (Å²) in [6.07, 6.45) is 8.07. The number of para-hydroxylation sites is 2. The molecule has 3 heteroatoms. The van der Waals surface area contributed by atoms with Gasteiger partial charge in [0, 0.05) is 32.9 Å². The largest absolute Gasteiger partial charge is 0.309 e. The highest BCUT2D eigenvalue weighted by Crippen LogP contribution is 2.43. The summed E-state index contributed by atoms with van der Waals surface area (Å²) >= 11 is 0. The smallest absolute Gasteiger partial charge is 0.123 e. The van der Waals surface area contributed by atoms with Crippen LogP contribution in [-0.4, -0.2) is 9.13 Å². The van der Waals surface area contributed by atoms with Gasteiger partial charge in [-0.3, -0.25) is 0 Å². The molecule has 0 radical (unpaired) electrons. The molecule has 0 amide bonds. The van der Waals surface area contributed by atoms with Crippen LogP contribution in [0.2, 0.25) is 0 Å². The maximum atomic E-state index is 14.2. The highest BCUT2D eigenvalue weighted by atomic mass is 19.1. The van der Waals surface area contributed by atoms with Crippen molar-refractivity contribution in [3.63, 3.8) is 0 Å². The third-order valence-electron chi connectivity index (χ3n) is 12.6. The lowest BCUT2D eigenvalue weighted by Crippen LogP contribution is -1.99. The first-order valence-corrected chi connectivity index (χ1v) is 20.8. The fraction of sp³-hybridized carbons (Fsp3) is 0.0526. The second kappa shape index (κ2) is 13.5. The van der Waals surface area contributed by atoms with E-state index >= 15 is 0 Å². The molecule has 1 atom stereocenters. The van der Waals surface area contributed by atoms with Gasteiger partial charge in [-0.05, 0) is 152 Å². The first kappa shape index (κ1) is 34.5. The van der Waals surface area contributed by atoms with Gasteiger partial charge in [-0.15, -0.1) is 0 Å². The average molecular weight is 771 g/mol. The van der Waals surface area contributed by atoms with Crippen LogP contribution in [0.25, 0.3) is 104 Å². The van der Waals surface area contributed by atoms with Crippen LogP contribution in [0.5, 0.6) is 0 Å². The number of rotatable bonds is 5. The number of halogens is 1. The molecule has 0 aliphatic heterocycles. The highest BCUT2D eigenvalue weighted by Gasteiger charge is 2.19. The van der Waals surface area contributed by atoms with E-state index in [1.54, 1.807) is 12.1 Å². The van der Waals surface area contributed by atoms with Gasteiger partial charge in [-0.25, -0.2) is 4.39 Å². The lowest BCUT2D eigenvalue weighted by molar-refractivity contribution is 0.627. The molecule has 9 aromatic carbocycles. The Morgan fingerprint density at radius 2 is 1.07 bits per heavy atom. The Kier molecular flexibility index (Phi) is 7.80. The van der Waals surface area contributed by atoms with Gasteiger partial charge < -0.3 is 9.13 Å². The van der Waals surface area contributed by atoms with Crippen LogP contribution in [0, 0.1) is 11.7 Å². The number of allylic oxidation sites excluding steroid dienone is 4. The minimum atomic E-state index is -0.240. The molecular formula is C57H39FN2. The van der Waals surface area contributed by atoms with Gasteiger partial charge in [0.15, 0.2) is 0 Å². The van der Waals surface area contributed by atoms with E-state index in [1.165, 1.54) is 82.1 Å². The number of fused-ring (bicyclic) bond motifs is 9. The molecule has 0 spiro atoms. The van der Waals surface area contributed by atoms with Gasteiger partial charge >= 0.3 is 0 Å². The lowest BCUT2D eigenvalue weighted by atomic mass is 9.91. The third-order valence-corrected chi connectivity index (χ3v) is 12.6. The van der Waals surface area contributed by atoms with Crippen LogP contribution >= 0.6 is 0 Å². The molecule has 0 saturated heterocycles. The van der Waals surface area contributed by atoms with Crippen molar-refractivity contribution in [1.29, 1.82) is 0 Å². The average Bonchev–Trinajstić information content (AvgIpc) is 3.80. The van der Waals surface area contributed by atoms with E-state index in [4.69, 9.17) is 0 Å². The number of aromatic nitrogens is 2. The Hall–Kier alpha value is -7.49. The predicted molar refractivity (Wildman–Crippen MR) is 252 cm³/mol. The molecule has 60 heavy (non-hydrogen) atoms. The molecule has 284 valence electrons. The number of nitrogens with zero attached hydrogens (tertiary/aromatic N) is 2. The molecule has 2 aromatic heterocycles. The summed E-state index contributed by atoms with van der Waals surface area (Å²) in [4.78, 5) is 0. The van der Waals surface area contributed by atoms with Gasteiger partial charge in [-0.2, -0.15) is 0 Å². The molecule has 1 aliphatic rings. The Bertz CT molecular complexity index is 3580. The van der Waals surface area contributed by atoms with Crippen molar-refractivity contribution < 1.29 is 4.39 Å². The fourth-order valence-electron chi connectivity index (χ4n) is 9.83. The quantitative estimate of drug-likeness (QED) is 0.154. The van der Waals surface area contributed by atoms with E-state index in [-0.39, 0.29) is 5.82 Å². The van der Waals surface area contributed by atoms with E-state index in [0.717, 1.165) is 34.2 Å². The van der Waals surface area contributed by atoms with Gasteiger partial charge in [0.2, 0.25) is 0 Å². The Morgan fingerprint density at radius 1 is 0.433 bits per heavy atom. The summed E-state index contributed by atoms with van der Waals surface area (Å²) in [5, 5.41) is 9.62. The van der Waals surface area contributed by atoms with Crippen LogP contribution in [0.3, 0.4) is 0 Å². The summed E-state index contributed by atoms with van der Waals surface area (Å²) < 4.78 is 18.9. The summed E-state index contributed by atoms with van der Waals surface area (Å²) in [6, 6.07) is 64.8. The normalized spacial score (nSPS) is 14.3. The van der Waals surface area contributed by atoms with E-state index in [9.17, 15) is 4.39 Å². The van der Waals surface area contributed by atoms with E-state index in [1.807, 2.05) is 12.1 Å². The first-order chi connectivity index (χ1) is 29.6. The predicted octanol–water partition coefficient (Wildman–Crippen LogP) is 15.6. The number of benzene rings is 9. The Morgan fingerprint density at radius 3 is 1.82 bits per heavy atom. The highest BCUT2D eigenvalue weighted by molar-refractivity contribution is 6.21. The maximum absolute atomic E-state index is 14.2. The molecule has 1 unspecified atom stereocenters. The van der Waals surface area contributed by atoms with Gasteiger partial charge in [-0.1, -0.05) is 122 Å². The van der Waals surface area contributed by atoms with Crippen molar-refractivity contribution in [2.45, 2.75) is 13.3 Å². The van der Waals surface area contributed by atoms with Crippen LogP contribution in [0.4, 0.5) is 4.39 Å². The zero-order chi connectivity index (χ0) is 39.9. The summed E-state index contributed by atoms with van der Waals surface area (Å²) in [5.41, 5.74) is 13.9. The van der Waals surface area contributed by atoms with Crippen LogP contribution in [-0.2, 0) is 0 Å². The monoisotopic (exact) mass is 770 g/mol. The number of hydrogen-bond donors (Lipinski definition) is 0. The summed E-state index contributed by atoms with van der Waals surface area (Å²) in [7, 11) is 0. The molecule has 2 nitrogen and oxygen atoms in total. The molecule has 0 bridgehead atoms. The zero-order valence-electron chi connectivity index (χ0n) is 33.1. The number of hydrogen-bond acceptors (Lipinski definition) is 0. The van der Waals surface area contributed by atoms with Crippen molar-refractivity contribution in [3.8, 4) is 33.6 Å². The van der Waals surface area contributed by atoms with Crippen molar-refractivity contribution in [2.24, 2.45) is 5.92 Å². The van der Waals surface area contributed by atoms with Crippen LogP contribution in [0.15, 0.2) is 200 Å². The Labute approximate surface area is 347 Å². The fourth-order valence-corrected chi connectivity index (χ4v) is 9.83. The molecule has 0 saturated carbocycles. The van der Waals surface area contributed by atoms with Crippen molar-refractivity contribution >= 4 is 70.7 Å². The molecule has 0 N–H and O–H groups in total. The standard InChI is InChI=1S/C57H39FN2/c1-36-12-11-15-38(28-36)41-29-40(37-13-3-2-4-14-37)30-45(31-41)60-55-21-10-7-18-48(55)52-32-39(22-27-56(52)60)50-33-42-34-57-53(35-51(42)47-17-6-5-16-46(47)50)49-19-8-9-20-54(49)59(57)44-25-23-43(58)24-26-44/h2-11,13-36H,12H2,1H3. The molecule has 2 heterocycles. The molecule has 1 aliphatic carbocycles. The molecular weight excluding hydrogens is 732 g/mol. The van der Waals surface area contributed by atoms with Gasteiger partial charge in [0.1, 0.15) is 5.82 Å². The van der Waals surface area contributed by atoms with E-state index in [0.29, 0.717) is 5.92 Å². The SMILES string of the molecule is CC1C=C(c2cc(-c3ccccc3)cc(-n3c4ccccc4c4cc(-c5cc6cc7c(cc6c6ccccc56)c5ccccc5n7-c5ccc(F)cc5)ccc43)c2)C=CC1. The molecule has 11 aromatic rings. The third kappa shape index (κ3) is 5.47. The van der Waals surface area contributed by atoms with Crippen molar-refractivity contribution in [2.75, 3.05) is 0 Å². The topological polar surface area (TPSA) is 9.86 Å².